The number of rotatable bonds is 4. The topological polar surface area (TPSA) is 12.5 Å². The number of likely N-dealkylation sites (N-methyl/N-ethyl adjacent to an activating group) is 1. The highest BCUT2D eigenvalue weighted by molar-refractivity contribution is 4.78. The molecule has 0 unspecified atom stereocenters. The lowest BCUT2D eigenvalue weighted by Crippen LogP contribution is -2.43. The standard InChI is InChI=1S/C13H27NO/c1-10(2)8-14(5)12-6-7-13(11(3)4)15-9-12/h10-13H,6-9H2,1-5H3/t12-,13+/m1/s1. The van der Waals surface area contributed by atoms with Gasteiger partial charge in [-0.1, -0.05) is 27.7 Å². The van der Waals surface area contributed by atoms with Gasteiger partial charge < -0.3 is 9.64 Å². The number of nitrogens with zero attached hydrogens (tertiary/aromatic N) is 1. The summed E-state index contributed by atoms with van der Waals surface area (Å²) in [5, 5.41) is 0. The summed E-state index contributed by atoms with van der Waals surface area (Å²) in [7, 11) is 2.23. The molecule has 0 aromatic rings. The molecule has 1 aliphatic heterocycles. The normalized spacial score (nSPS) is 28.0. The molecule has 1 heterocycles. The summed E-state index contributed by atoms with van der Waals surface area (Å²) in [5.74, 6) is 1.42. The highest BCUT2D eigenvalue weighted by atomic mass is 16.5. The third kappa shape index (κ3) is 4.12. The van der Waals surface area contributed by atoms with Crippen LogP contribution in [0.1, 0.15) is 40.5 Å². The van der Waals surface area contributed by atoms with E-state index in [9.17, 15) is 0 Å². The summed E-state index contributed by atoms with van der Waals surface area (Å²) in [5.41, 5.74) is 0. The number of ether oxygens (including phenoxy) is 1. The molecule has 1 rings (SSSR count). The van der Waals surface area contributed by atoms with Crippen LogP contribution in [-0.4, -0.2) is 37.2 Å². The van der Waals surface area contributed by atoms with Crippen LogP contribution in [-0.2, 0) is 4.74 Å². The first-order valence-corrected chi connectivity index (χ1v) is 6.32. The molecule has 0 aromatic carbocycles. The second kappa shape index (κ2) is 5.86. The van der Waals surface area contributed by atoms with E-state index in [1.165, 1.54) is 19.4 Å². The highest BCUT2D eigenvalue weighted by Gasteiger charge is 2.26. The van der Waals surface area contributed by atoms with E-state index in [0.29, 0.717) is 18.1 Å². The van der Waals surface area contributed by atoms with E-state index in [1.54, 1.807) is 0 Å². The molecule has 15 heavy (non-hydrogen) atoms. The van der Waals surface area contributed by atoms with Gasteiger partial charge in [0.25, 0.3) is 0 Å². The van der Waals surface area contributed by atoms with Gasteiger partial charge in [0.2, 0.25) is 0 Å². The van der Waals surface area contributed by atoms with Gasteiger partial charge >= 0.3 is 0 Å². The fourth-order valence-corrected chi connectivity index (χ4v) is 2.36. The quantitative estimate of drug-likeness (QED) is 0.712. The fourth-order valence-electron chi connectivity index (χ4n) is 2.36. The summed E-state index contributed by atoms with van der Waals surface area (Å²) in [6.07, 6.45) is 3.02. The van der Waals surface area contributed by atoms with Gasteiger partial charge in [-0.2, -0.15) is 0 Å². The first kappa shape index (κ1) is 13.0. The van der Waals surface area contributed by atoms with E-state index in [-0.39, 0.29) is 0 Å². The van der Waals surface area contributed by atoms with Gasteiger partial charge in [0.1, 0.15) is 0 Å². The smallest absolute Gasteiger partial charge is 0.0625 e. The van der Waals surface area contributed by atoms with Crippen LogP contribution in [0.25, 0.3) is 0 Å². The van der Waals surface area contributed by atoms with Crippen molar-refractivity contribution < 1.29 is 4.74 Å². The Kier molecular flexibility index (Phi) is 5.07. The van der Waals surface area contributed by atoms with Crippen molar-refractivity contribution in [1.82, 2.24) is 4.90 Å². The Balaban J connectivity index is 2.30. The Bertz CT molecular complexity index is 171. The summed E-state index contributed by atoms with van der Waals surface area (Å²) in [6, 6.07) is 0.641. The van der Waals surface area contributed by atoms with Crippen molar-refractivity contribution in [3.8, 4) is 0 Å². The zero-order valence-corrected chi connectivity index (χ0v) is 11.0. The van der Waals surface area contributed by atoms with Crippen molar-refractivity contribution in [2.75, 3.05) is 20.2 Å². The molecule has 0 aliphatic carbocycles. The van der Waals surface area contributed by atoms with E-state index < -0.39 is 0 Å². The molecule has 1 saturated heterocycles. The second-order valence-electron chi connectivity index (χ2n) is 5.68. The molecule has 0 bridgehead atoms. The first-order valence-electron chi connectivity index (χ1n) is 6.32. The molecule has 1 fully saturated rings. The lowest BCUT2D eigenvalue weighted by molar-refractivity contribution is -0.0526. The molecule has 2 atom stereocenters. The average Bonchev–Trinajstić information content (AvgIpc) is 2.17. The minimum atomic E-state index is 0.494. The Morgan fingerprint density at radius 1 is 1.20 bits per heavy atom. The van der Waals surface area contributed by atoms with Crippen LogP contribution >= 0.6 is 0 Å². The minimum Gasteiger partial charge on any atom is -0.376 e. The van der Waals surface area contributed by atoms with Crippen LogP contribution in [0.4, 0.5) is 0 Å². The summed E-state index contributed by atoms with van der Waals surface area (Å²) in [6.45, 7) is 11.2. The zero-order chi connectivity index (χ0) is 11.4. The van der Waals surface area contributed by atoms with Gasteiger partial charge in [0, 0.05) is 12.6 Å². The van der Waals surface area contributed by atoms with Gasteiger partial charge in [-0.05, 0) is 31.7 Å². The fraction of sp³-hybridized carbons (Fsp3) is 1.00. The third-order valence-corrected chi connectivity index (χ3v) is 3.31. The molecule has 0 spiro atoms. The molecular weight excluding hydrogens is 186 g/mol. The maximum Gasteiger partial charge on any atom is 0.0625 e. The van der Waals surface area contributed by atoms with Crippen molar-refractivity contribution in [1.29, 1.82) is 0 Å². The van der Waals surface area contributed by atoms with E-state index in [0.717, 1.165) is 12.5 Å². The van der Waals surface area contributed by atoms with Crippen LogP contribution < -0.4 is 0 Å². The summed E-state index contributed by atoms with van der Waals surface area (Å²) < 4.78 is 5.91. The van der Waals surface area contributed by atoms with Crippen LogP contribution in [0.5, 0.6) is 0 Å². The van der Waals surface area contributed by atoms with Gasteiger partial charge in [-0.3, -0.25) is 0 Å². The first-order chi connectivity index (χ1) is 7.00. The van der Waals surface area contributed by atoms with Crippen LogP contribution in [0, 0.1) is 11.8 Å². The zero-order valence-electron chi connectivity index (χ0n) is 11.0. The maximum absolute atomic E-state index is 5.91. The molecule has 0 N–H and O–H groups in total. The molecule has 0 saturated carbocycles. The van der Waals surface area contributed by atoms with Crippen LogP contribution in [0.3, 0.4) is 0 Å². The van der Waals surface area contributed by atoms with Crippen molar-refractivity contribution in [2.24, 2.45) is 11.8 Å². The molecule has 2 heteroatoms. The molecule has 0 aromatic heterocycles. The lowest BCUT2D eigenvalue weighted by Gasteiger charge is -2.36. The van der Waals surface area contributed by atoms with E-state index in [1.807, 2.05) is 0 Å². The number of hydrogen-bond donors (Lipinski definition) is 0. The van der Waals surface area contributed by atoms with Gasteiger partial charge in [0.05, 0.1) is 12.7 Å². The van der Waals surface area contributed by atoms with E-state index in [2.05, 4.69) is 39.6 Å². The van der Waals surface area contributed by atoms with Gasteiger partial charge in [0.15, 0.2) is 0 Å². The molecule has 1 aliphatic rings. The highest BCUT2D eigenvalue weighted by Crippen LogP contribution is 2.22. The van der Waals surface area contributed by atoms with Crippen LogP contribution in [0.15, 0.2) is 0 Å². The minimum absolute atomic E-state index is 0.494. The van der Waals surface area contributed by atoms with Gasteiger partial charge in [-0.25, -0.2) is 0 Å². The predicted molar refractivity (Wildman–Crippen MR) is 65.1 cm³/mol. The van der Waals surface area contributed by atoms with Crippen molar-refractivity contribution >= 4 is 0 Å². The molecule has 2 nitrogen and oxygen atoms in total. The average molecular weight is 213 g/mol. The second-order valence-corrected chi connectivity index (χ2v) is 5.68. The Morgan fingerprint density at radius 3 is 2.27 bits per heavy atom. The van der Waals surface area contributed by atoms with Crippen molar-refractivity contribution in [3.63, 3.8) is 0 Å². The summed E-state index contributed by atoms with van der Waals surface area (Å²) in [4.78, 5) is 2.46. The molecule has 90 valence electrons. The van der Waals surface area contributed by atoms with E-state index >= 15 is 0 Å². The Morgan fingerprint density at radius 2 is 1.87 bits per heavy atom. The Hall–Kier alpha value is -0.0800. The lowest BCUT2D eigenvalue weighted by atomic mass is 9.96. The predicted octanol–water partition coefficient (Wildman–Crippen LogP) is 2.78. The maximum atomic E-state index is 5.91. The number of hydrogen-bond acceptors (Lipinski definition) is 2. The molecular formula is C13H27NO. The largest absolute Gasteiger partial charge is 0.376 e. The van der Waals surface area contributed by atoms with Crippen LogP contribution in [0.2, 0.25) is 0 Å². The third-order valence-electron chi connectivity index (χ3n) is 3.31. The molecule has 0 amide bonds. The summed E-state index contributed by atoms with van der Waals surface area (Å²) >= 11 is 0. The van der Waals surface area contributed by atoms with Gasteiger partial charge in [-0.15, -0.1) is 0 Å². The monoisotopic (exact) mass is 213 g/mol. The Labute approximate surface area is 95.0 Å². The van der Waals surface area contributed by atoms with Crippen molar-refractivity contribution in [2.45, 2.75) is 52.7 Å². The van der Waals surface area contributed by atoms with E-state index in [4.69, 9.17) is 4.74 Å². The SMILES string of the molecule is CC(C)CN(C)[C@@H]1CC[C@@H](C(C)C)OC1. The van der Waals surface area contributed by atoms with Crippen molar-refractivity contribution in [3.05, 3.63) is 0 Å². The molecule has 0 radical (unpaired) electrons.